The van der Waals surface area contributed by atoms with E-state index in [1.54, 1.807) is 11.3 Å². The number of pyridine rings is 1. The van der Waals surface area contributed by atoms with E-state index in [-0.39, 0.29) is 26.5 Å². The number of para-hydroxylation sites is 1. The monoisotopic (exact) mass is 1030 g/mol. The summed E-state index contributed by atoms with van der Waals surface area (Å²) in [5, 5.41) is 4.65. The van der Waals surface area contributed by atoms with Crippen LogP contribution in [0.25, 0.3) is 59.2 Å². The molecule has 0 radical (unpaired) electrons. The molecule has 0 unspecified atom stereocenters. The zero-order valence-corrected chi connectivity index (χ0v) is 39.6. The zero-order chi connectivity index (χ0) is 43.0. The molecular weight excluding hydrogens is 984 g/mol. The van der Waals surface area contributed by atoms with Crippen molar-refractivity contribution >= 4 is 76.1 Å². The van der Waals surface area contributed by atoms with Gasteiger partial charge in [0.15, 0.2) is 0 Å². The summed E-state index contributed by atoms with van der Waals surface area (Å²) in [6.45, 7) is 15.5. The van der Waals surface area contributed by atoms with Gasteiger partial charge in [0, 0.05) is 66.1 Å². The molecule has 4 heterocycles. The fourth-order valence-electron chi connectivity index (χ4n) is 9.40. The van der Waals surface area contributed by atoms with Gasteiger partial charge in [0.25, 0.3) is 0 Å². The Balaban J connectivity index is 0.00000484. The van der Waals surface area contributed by atoms with Crippen LogP contribution in [0, 0.1) is 39.6 Å². The molecule has 10 aromatic rings. The van der Waals surface area contributed by atoms with Gasteiger partial charge in [-0.2, -0.15) is 6.07 Å². The second-order valence-electron chi connectivity index (χ2n) is 17.5. The summed E-state index contributed by atoms with van der Waals surface area (Å²) in [6, 6.07) is 61.2. The third-order valence-corrected chi connectivity index (χ3v) is 13.3. The number of benzene rings is 7. The molecule has 0 atom stereocenters. The fraction of sp³-hybridized carbons (Fsp3) is 0.123. The van der Waals surface area contributed by atoms with Crippen molar-refractivity contribution in [3.8, 4) is 17.3 Å². The fourth-order valence-corrected chi connectivity index (χ4v) is 10.5. The number of thiophene rings is 1. The van der Waals surface area contributed by atoms with Crippen LogP contribution < -0.4 is 14.5 Å². The quantitative estimate of drug-likeness (QED) is 0.149. The first-order valence-electron chi connectivity index (χ1n) is 21.5. The van der Waals surface area contributed by atoms with Gasteiger partial charge in [-0.1, -0.05) is 152 Å². The first kappa shape index (κ1) is 41.5. The summed E-state index contributed by atoms with van der Waals surface area (Å²) in [5.74, 6) is 2.11. The molecule has 7 aromatic carbocycles. The first-order valence-corrected chi connectivity index (χ1v) is 22.3. The topological polar surface area (TPSA) is 33.5 Å². The Morgan fingerprint density at radius 1 is 0.641 bits per heavy atom. The van der Waals surface area contributed by atoms with Crippen molar-refractivity contribution in [2.75, 3.05) is 9.80 Å². The van der Waals surface area contributed by atoms with Crippen LogP contribution in [0.1, 0.15) is 54.2 Å². The second-order valence-corrected chi connectivity index (χ2v) is 18.6. The van der Waals surface area contributed by atoms with E-state index in [2.05, 4.69) is 220 Å². The SMILES string of the molecule is Cc1cc(C)c(N2[CH-]N(c3[c-]c(Oc4[c-]c5c(c6ccccc6n5-c5cc(C(C)(C)C)ccn5)c5c4sc4ccccc45)ccc3)C(c3ccccc3)=C2c2ccccc2)c(C)c1.[Pt]. The van der Waals surface area contributed by atoms with Crippen molar-refractivity contribution in [2.24, 2.45) is 0 Å². The number of fused-ring (bicyclic) bond motifs is 7. The van der Waals surface area contributed by atoms with Gasteiger partial charge in [-0.25, -0.2) is 16.3 Å². The van der Waals surface area contributed by atoms with E-state index < -0.39 is 0 Å². The van der Waals surface area contributed by atoms with Crippen molar-refractivity contribution in [2.45, 2.75) is 47.0 Å². The molecule has 0 spiro atoms. The summed E-state index contributed by atoms with van der Waals surface area (Å²) in [7, 11) is 0. The van der Waals surface area contributed by atoms with Gasteiger partial charge in [-0.15, -0.1) is 36.6 Å². The smallest absolute Gasteiger partial charge is 0.135 e. The van der Waals surface area contributed by atoms with E-state index in [9.17, 15) is 0 Å². The number of aryl methyl sites for hydroxylation is 3. The number of rotatable bonds is 7. The van der Waals surface area contributed by atoms with Crippen LogP contribution in [0.5, 0.6) is 11.5 Å². The number of hydrogen-bond donors (Lipinski definition) is 0. The molecular formula is C57H45N4OPtS-3. The Morgan fingerprint density at radius 3 is 1.98 bits per heavy atom. The van der Waals surface area contributed by atoms with Gasteiger partial charge in [-0.3, -0.25) is 0 Å². The average Bonchev–Trinajstić information content (AvgIpc) is 3.97. The Kier molecular flexibility index (Phi) is 10.6. The Morgan fingerprint density at radius 2 is 1.28 bits per heavy atom. The van der Waals surface area contributed by atoms with Crippen LogP contribution in [0.15, 0.2) is 158 Å². The van der Waals surface area contributed by atoms with Crippen molar-refractivity contribution in [3.05, 3.63) is 210 Å². The predicted molar refractivity (Wildman–Crippen MR) is 264 cm³/mol. The van der Waals surface area contributed by atoms with Gasteiger partial charge >= 0.3 is 0 Å². The number of nitrogens with zero attached hydrogens (tertiary/aromatic N) is 4. The molecule has 11 rings (SSSR count). The van der Waals surface area contributed by atoms with E-state index in [1.807, 2.05) is 12.3 Å². The van der Waals surface area contributed by atoms with Crippen LogP contribution >= 0.6 is 11.3 Å². The van der Waals surface area contributed by atoms with E-state index in [4.69, 9.17) is 9.72 Å². The maximum Gasteiger partial charge on any atom is 0.135 e. The summed E-state index contributed by atoms with van der Waals surface area (Å²) in [5.41, 5.74) is 13.2. The molecule has 0 amide bonds. The third-order valence-electron chi connectivity index (χ3n) is 12.1. The van der Waals surface area contributed by atoms with Crippen LogP contribution in [0.2, 0.25) is 0 Å². The van der Waals surface area contributed by atoms with Crippen molar-refractivity contribution in [3.63, 3.8) is 0 Å². The largest absolute Gasteiger partial charge is 0.508 e. The first-order chi connectivity index (χ1) is 30.6. The molecule has 0 saturated heterocycles. The molecule has 0 fully saturated rings. The van der Waals surface area contributed by atoms with Crippen molar-refractivity contribution in [1.82, 2.24) is 9.55 Å². The Labute approximate surface area is 393 Å². The van der Waals surface area contributed by atoms with Crippen LogP contribution in [-0.2, 0) is 26.5 Å². The third kappa shape index (κ3) is 7.01. The second kappa shape index (κ2) is 16.3. The van der Waals surface area contributed by atoms with Crippen LogP contribution in [0.3, 0.4) is 0 Å². The molecule has 7 heteroatoms. The average molecular weight is 1030 g/mol. The van der Waals surface area contributed by atoms with Crippen LogP contribution in [-0.4, -0.2) is 9.55 Å². The molecule has 3 aromatic heterocycles. The standard InChI is InChI=1S/C57H45N4OS.Pt/c1-36-30-37(2)53(38(3)31-36)60-35-59(54(39-18-9-7-10-19-39)55(60)40-20-11-8-12-21-40)42-22-17-23-43(33-42)62-48-34-47-51(52-45-25-14-16-27-49(45)63-56(48)52)44-24-13-15-26-46(44)61(47)50-32-41(28-29-58-50)57(4,5)6;/h7-32,35H,1-6H3;/q-3;. The summed E-state index contributed by atoms with van der Waals surface area (Å²) in [6.07, 6.45) is 1.92. The zero-order valence-electron chi connectivity index (χ0n) is 36.5. The maximum absolute atomic E-state index is 7.11. The number of hydrogen-bond acceptors (Lipinski definition) is 5. The Bertz CT molecular complexity index is 3410. The molecule has 1 aliphatic heterocycles. The molecule has 0 bridgehead atoms. The van der Waals surface area contributed by atoms with Gasteiger partial charge in [0.1, 0.15) is 5.82 Å². The minimum Gasteiger partial charge on any atom is -0.508 e. The van der Waals surface area contributed by atoms with Gasteiger partial charge < -0.3 is 19.1 Å². The minimum absolute atomic E-state index is 0. The minimum atomic E-state index is -0.0505. The predicted octanol–water partition coefficient (Wildman–Crippen LogP) is 15.1. The summed E-state index contributed by atoms with van der Waals surface area (Å²) >= 11 is 1.74. The number of ether oxygens (including phenoxy) is 1. The van der Waals surface area contributed by atoms with Crippen LogP contribution in [0.4, 0.5) is 11.4 Å². The number of aromatic nitrogens is 2. The summed E-state index contributed by atoms with van der Waals surface area (Å²) < 4.78 is 11.6. The number of anilines is 2. The molecule has 0 N–H and O–H groups in total. The molecule has 1 aliphatic rings. The maximum atomic E-state index is 7.11. The van der Waals surface area contributed by atoms with E-state index in [0.717, 1.165) is 71.6 Å². The normalized spacial score (nSPS) is 13.2. The van der Waals surface area contributed by atoms with E-state index >= 15 is 0 Å². The van der Waals surface area contributed by atoms with Gasteiger partial charge in [0.05, 0.1) is 0 Å². The van der Waals surface area contributed by atoms with E-state index in [0.29, 0.717) is 11.5 Å². The molecule has 318 valence electrons. The molecule has 64 heavy (non-hydrogen) atoms. The molecule has 0 aliphatic carbocycles. The molecule has 0 saturated carbocycles. The summed E-state index contributed by atoms with van der Waals surface area (Å²) in [4.78, 5) is 9.59. The van der Waals surface area contributed by atoms with Gasteiger partial charge in [-0.05, 0) is 93.7 Å². The Hall–Kier alpha value is -6.46. The van der Waals surface area contributed by atoms with Gasteiger partial charge in [0.2, 0.25) is 0 Å². The van der Waals surface area contributed by atoms with Crippen molar-refractivity contribution in [1.29, 1.82) is 0 Å². The van der Waals surface area contributed by atoms with Crippen molar-refractivity contribution < 1.29 is 25.8 Å². The van der Waals surface area contributed by atoms with E-state index in [1.165, 1.54) is 32.3 Å². The molecule has 5 nitrogen and oxygen atoms in total.